The number of aryl methyl sites for hydroxylation is 1. The number of esters is 1. The maximum atomic E-state index is 12.3. The molecular formula is C20H23N5O3S2. The monoisotopic (exact) mass is 445 g/mol. The minimum Gasteiger partial charge on any atom is -0.466 e. The highest BCUT2D eigenvalue weighted by Gasteiger charge is 2.16. The number of thiazole rings is 1. The Bertz CT molecular complexity index is 1030. The van der Waals surface area contributed by atoms with Crippen molar-refractivity contribution in [2.24, 2.45) is 0 Å². The molecule has 0 spiro atoms. The number of nitrogens with one attached hydrogen (secondary N) is 1. The number of rotatable bonds is 9. The first-order valence-corrected chi connectivity index (χ1v) is 11.4. The predicted molar refractivity (Wildman–Crippen MR) is 118 cm³/mol. The van der Waals surface area contributed by atoms with Crippen LogP contribution in [-0.4, -0.2) is 44.0 Å². The fourth-order valence-electron chi connectivity index (χ4n) is 2.79. The Morgan fingerprint density at radius 2 is 2.03 bits per heavy atom. The first kappa shape index (κ1) is 22.0. The number of carbonyl (C=O) groups is 2. The van der Waals surface area contributed by atoms with Gasteiger partial charge in [0.1, 0.15) is 0 Å². The van der Waals surface area contributed by atoms with Gasteiger partial charge in [-0.1, -0.05) is 36.0 Å². The van der Waals surface area contributed by atoms with Crippen molar-refractivity contribution in [3.05, 3.63) is 40.9 Å². The molecule has 1 N–H and O–H groups in total. The van der Waals surface area contributed by atoms with Crippen LogP contribution < -0.4 is 5.32 Å². The van der Waals surface area contributed by atoms with Crippen molar-refractivity contribution in [2.45, 2.75) is 38.9 Å². The highest BCUT2D eigenvalue weighted by molar-refractivity contribution is 7.99. The number of anilines is 1. The molecular weight excluding hydrogens is 422 g/mol. The third-order valence-corrected chi connectivity index (χ3v) is 5.95. The zero-order valence-corrected chi connectivity index (χ0v) is 18.7. The molecule has 0 unspecified atom stereocenters. The van der Waals surface area contributed by atoms with E-state index in [1.54, 1.807) is 12.3 Å². The lowest BCUT2D eigenvalue weighted by Crippen LogP contribution is -2.15. The largest absolute Gasteiger partial charge is 0.466 e. The molecule has 158 valence electrons. The van der Waals surface area contributed by atoms with E-state index in [4.69, 9.17) is 4.74 Å². The summed E-state index contributed by atoms with van der Waals surface area (Å²) in [6.07, 6.45) is 0.0935. The molecule has 2 heterocycles. The molecule has 0 saturated heterocycles. The van der Waals surface area contributed by atoms with Crippen LogP contribution in [0.2, 0.25) is 0 Å². The van der Waals surface area contributed by atoms with Crippen LogP contribution in [0.1, 0.15) is 25.1 Å². The van der Waals surface area contributed by atoms with E-state index in [-0.39, 0.29) is 24.1 Å². The Morgan fingerprint density at radius 3 is 2.77 bits per heavy atom. The van der Waals surface area contributed by atoms with Gasteiger partial charge < -0.3 is 14.6 Å². The van der Waals surface area contributed by atoms with Crippen LogP contribution in [0.4, 0.5) is 5.13 Å². The Kier molecular flexibility index (Phi) is 7.58. The molecule has 2 aromatic heterocycles. The molecule has 0 bridgehead atoms. The van der Waals surface area contributed by atoms with Gasteiger partial charge in [0.05, 0.1) is 24.5 Å². The lowest BCUT2D eigenvalue weighted by Gasteiger charge is -2.09. The van der Waals surface area contributed by atoms with E-state index in [1.165, 1.54) is 23.1 Å². The Labute approximate surface area is 183 Å². The van der Waals surface area contributed by atoms with E-state index in [1.807, 2.05) is 42.7 Å². The Hall–Kier alpha value is -2.72. The first-order valence-electron chi connectivity index (χ1n) is 9.53. The quantitative estimate of drug-likeness (QED) is 0.397. The third kappa shape index (κ3) is 5.45. The van der Waals surface area contributed by atoms with E-state index < -0.39 is 0 Å². The third-order valence-electron chi connectivity index (χ3n) is 4.18. The molecule has 0 saturated carbocycles. The molecule has 0 aliphatic heterocycles. The van der Waals surface area contributed by atoms with E-state index in [9.17, 15) is 9.59 Å². The van der Waals surface area contributed by atoms with Crippen molar-refractivity contribution in [3.8, 4) is 11.4 Å². The maximum absolute atomic E-state index is 12.3. The zero-order valence-electron chi connectivity index (χ0n) is 17.0. The van der Waals surface area contributed by atoms with Crippen molar-refractivity contribution in [2.75, 3.05) is 17.7 Å². The van der Waals surface area contributed by atoms with Gasteiger partial charge >= 0.3 is 5.97 Å². The van der Waals surface area contributed by atoms with Gasteiger partial charge in [-0.05, 0) is 26.3 Å². The topological polar surface area (TPSA) is 99.0 Å². The van der Waals surface area contributed by atoms with E-state index in [0.717, 1.165) is 17.0 Å². The number of ether oxygens (including phenoxy) is 1. The number of hydrogen-bond donors (Lipinski definition) is 1. The average molecular weight is 446 g/mol. The van der Waals surface area contributed by atoms with Crippen LogP contribution in [0, 0.1) is 6.92 Å². The fourth-order valence-corrected chi connectivity index (χ4v) is 4.32. The maximum Gasteiger partial charge on any atom is 0.311 e. The van der Waals surface area contributed by atoms with Crippen LogP contribution in [0.15, 0.2) is 34.8 Å². The van der Waals surface area contributed by atoms with Crippen molar-refractivity contribution in [1.29, 1.82) is 0 Å². The summed E-state index contributed by atoms with van der Waals surface area (Å²) >= 11 is 2.60. The molecule has 10 heteroatoms. The number of carbonyl (C=O) groups excluding carboxylic acids is 2. The van der Waals surface area contributed by atoms with Crippen molar-refractivity contribution in [3.63, 3.8) is 0 Å². The van der Waals surface area contributed by atoms with Gasteiger partial charge in [0.2, 0.25) is 5.91 Å². The van der Waals surface area contributed by atoms with Crippen LogP contribution in [-0.2, 0) is 27.3 Å². The summed E-state index contributed by atoms with van der Waals surface area (Å²) < 4.78 is 6.91. The normalized spacial score (nSPS) is 10.8. The summed E-state index contributed by atoms with van der Waals surface area (Å²) in [5.74, 6) is 0.445. The summed E-state index contributed by atoms with van der Waals surface area (Å²) in [6.45, 7) is 6.85. The number of thioether (sulfide) groups is 1. The molecule has 0 radical (unpaired) electrons. The number of hydrogen-bond acceptors (Lipinski definition) is 8. The van der Waals surface area contributed by atoms with Crippen LogP contribution >= 0.6 is 23.1 Å². The lowest BCUT2D eigenvalue weighted by molar-refractivity contribution is -0.142. The molecule has 0 atom stereocenters. The van der Waals surface area contributed by atoms with Crippen molar-refractivity contribution >= 4 is 40.1 Å². The second-order valence-electron chi connectivity index (χ2n) is 6.33. The lowest BCUT2D eigenvalue weighted by atomic mass is 10.1. The zero-order chi connectivity index (χ0) is 21.5. The van der Waals surface area contributed by atoms with Crippen LogP contribution in [0.5, 0.6) is 0 Å². The van der Waals surface area contributed by atoms with E-state index in [2.05, 4.69) is 20.5 Å². The van der Waals surface area contributed by atoms with E-state index >= 15 is 0 Å². The van der Waals surface area contributed by atoms with Gasteiger partial charge in [-0.3, -0.25) is 9.59 Å². The van der Waals surface area contributed by atoms with Crippen LogP contribution in [0.3, 0.4) is 0 Å². The minimum absolute atomic E-state index is 0.0935. The van der Waals surface area contributed by atoms with Gasteiger partial charge in [0.25, 0.3) is 0 Å². The highest BCUT2D eigenvalue weighted by atomic mass is 32.2. The Morgan fingerprint density at radius 1 is 1.23 bits per heavy atom. The molecule has 8 nitrogen and oxygen atoms in total. The molecule has 0 aliphatic rings. The number of nitrogens with zero attached hydrogens (tertiary/aromatic N) is 4. The van der Waals surface area contributed by atoms with Crippen molar-refractivity contribution in [1.82, 2.24) is 19.7 Å². The summed E-state index contributed by atoms with van der Waals surface area (Å²) in [4.78, 5) is 28.1. The van der Waals surface area contributed by atoms with Gasteiger partial charge in [-0.15, -0.1) is 21.5 Å². The highest BCUT2D eigenvalue weighted by Crippen LogP contribution is 2.26. The SMILES string of the molecule is CCOC(=O)Cc1csc(NC(=O)CSc2nnc(-c3ccccc3C)n2CC)n1. The number of aromatic nitrogens is 4. The Balaban J connectivity index is 1.60. The molecule has 3 aromatic rings. The summed E-state index contributed by atoms with van der Waals surface area (Å²) in [5, 5.41) is 14.2. The van der Waals surface area contributed by atoms with Gasteiger partial charge in [-0.25, -0.2) is 4.98 Å². The molecule has 1 amide bonds. The second kappa shape index (κ2) is 10.4. The summed E-state index contributed by atoms with van der Waals surface area (Å²) in [7, 11) is 0. The molecule has 0 aliphatic carbocycles. The minimum atomic E-state index is -0.334. The summed E-state index contributed by atoms with van der Waals surface area (Å²) in [6, 6.07) is 8.02. The molecule has 0 fully saturated rings. The number of amides is 1. The van der Waals surface area contributed by atoms with Gasteiger partial charge in [-0.2, -0.15) is 0 Å². The predicted octanol–water partition coefficient (Wildman–Crippen LogP) is 3.57. The van der Waals surface area contributed by atoms with E-state index in [0.29, 0.717) is 29.1 Å². The smallest absolute Gasteiger partial charge is 0.311 e. The summed E-state index contributed by atoms with van der Waals surface area (Å²) in [5.41, 5.74) is 2.73. The second-order valence-corrected chi connectivity index (χ2v) is 8.13. The molecule has 3 rings (SSSR count). The number of benzene rings is 1. The molecule has 1 aromatic carbocycles. The fraction of sp³-hybridized carbons (Fsp3) is 0.350. The van der Waals surface area contributed by atoms with Crippen molar-refractivity contribution < 1.29 is 14.3 Å². The van der Waals surface area contributed by atoms with Gasteiger partial charge in [0.15, 0.2) is 16.1 Å². The average Bonchev–Trinajstić information content (AvgIpc) is 3.33. The van der Waals surface area contributed by atoms with Gasteiger partial charge in [0, 0.05) is 17.5 Å². The molecule has 30 heavy (non-hydrogen) atoms. The van der Waals surface area contributed by atoms with Crippen LogP contribution in [0.25, 0.3) is 11.4 Å². The first-order chi connectivity index (χ1) is 14.5. The standard InChI is InChI=1S/C20H23N5O3S2/c1-4-25-18(15-9-7-6-8-13(15)3)23-24-20(25)30-12-16(26)22-19-21-14(11-29-19)10-17(27)28-5-2/h6-9,11H,4-5,10,12H2,1-3H3,(H,21,22,26).